The second kappa shape index (κ2) is 5.66. The van der Waals surface area contributed by atoms with Crippen molar-refractivity contribution in [1.29, 1.82) is 0 Å². The molecule has 0 aliphatic rings. The van der Waals surface area contributed by atoms with Crippen LogP contribution in [-0.4, -0.2) is 31.7 Å². The van der Waals surface area contributed by atoms with Gasteiger partial charge in [0.05, 0.1) is 18.2 Å². The zero-order valence-corrected chi connectivity index (χ0v) is 13.4. The summed E-state index contributed by atoms with van der Waals surface area (Å²) in [6, 6.07) is 7.89. The lowest BCUT2D eigenvalue weighted by atomic mass is 10.1. The topological polar surface area (TPSA) is 57.8 Å². The number of imidazole rings is 1. The maximum atomic E-state index is 14.4. The van der Waals surface area contributed by atoms with Crippen molar-refractivity contribution in [2.45, 2.75) is 0 Å². The Bertz CT molecular complexity index is 1090. The largest absolute Gasteiger partial charge is 0.496 e. The molecule has 0 saturated carbocycles. The van der Waals surface area contributed by atoms with Gasteiger partial charge in [-0.05, 0) is 30.3 Å². The standard InChI is InChI=1S/C17H13F2N5O/c1-23-13-5-3-10(9-12(13)21-22-23)24-8-7-20-17(24)15-14(25-2)6-4-11(18)16(15)19/h3-9H,1-2H3. The predicted octanol–water partition coefficient (Wildman–Crippen LogP) is 3.11. The quantitative estimate of drug-likeness (QED) is 0.574. The summed E-state index contributed by atoms with van der Waals surface area (Å²) in [7, 11) is 3.19. The smallest absolute Gasteiger partial charge is 0.173 e. The van der Waals surface area contributed by atoms with Gasteiger partial charge in [-0.2, -0.15) is 0 Å². The molecule has 2 aromatic heterocycles. The Kier molecular flexibility index (Phi) is 3.45. The normalized spacial score (nSPS) is 11.2. The van der Waals surface area contributed by atoms with Crippen LogP contribution in [0.2, 0.25) is 0 Å². The molecule has 25 heavy (non-hydrogen) atoms. The van der Waals surface area contributed by atoms with Crippen molar-refractivity contribution in [2.24, 2.45) is 7.05 Å². The lowest BCUT2D eigenvalue weighted by Gasteiger charge is -2.12. The molecule has 0 aliphatic heterocycles. The molecule has 0 fully saturated rings. The number of aryl methyl sites for hydroxylation is 1. The number of aromatic nitrogens is 5. The summed E-state index contributed by atoms with van der Waals surface area (Å²) in [6.45, 7) is 0. The molecular formula is C17H13F2N5O. The number of hydrogen-bond acceptors (Lipinski definition) is 4. The summed E-state index contributed by atoms with van der Waals surface area (Å²) in [5.41, 5.74) is 2.21. The first kappa shape index (κ1) is 15.3. The monoisotopic (exact) mass is 341 g/mol. The van der Waals surface area contributed by atoms with Crippen LogP contribution in [0.15, 0.2) is 42.7 Å². The number of ether oxygens (including phenoxy) is 1. The van der Waals surface area contributed by atoms with Crippen LogP contribution in [-0.2, 0) is 7.05 Å². The molecule has 0 atom stereocenters. The molecule has 126 valence electrons. The molecule has 0 bridgehead atoms. The molecule has 6 nitrogen and oxygen atoms in total. The molecule has 0 amide bonds. The van der Waals surface area contributed by atoms with Gasteiger partial charge in [0.2, 0.25) is 0 Å². The van der Waals surface area contributed by atoms with E-state index in [4.69, 9.17) is 4.74 Å². The first-order valence-corrected chi connectivity index (χ1v) is 7.45. The fourth-order valence-corrected chi connectivity index (χ4v) is 2.79. The summed E-state index contributed by atoms with van der Waals surface area (Å²) in [5.74, 6) is -1.54. The Labute approximate surface area is 141 Å². The van der Waals surface area contributed by atoms with Gasteiger partial charge in [0.15, 0.2) is 17.5 Å². The fourth-order valence-electron chi connectivity index (χ4n) is 2.79. The second-order valence-electron chi connectivity index (χ2n) is 5.45. The minimum Gasteiger partial charge on any atom is -0.496 e. The van der Waals surface area contributed by atoms with Gasteiger partial charge < -0.3 is 4.74 Å². The first-order valence-electron chi connectivity index (χ1n) is 7.45. The lowest BCUT2D eigenvalue weighted by Crippen LogP contribution is -2.02. The molecule has 8 heteroatoms. The van der Waals surface area contributed by atoms with Gasteiger partial charge in [-0.15, -0.1) is 5.10 Å². The molecule has 0 N–H and O–H groups in total. The van der Waals surface area contributed by atoms with Crippen molar-refractivity contribution in [3.63, 3.8) is 0 Å². The highest BCUT2D eigenvalue weighted by molar-refractivity contribution is 5.77. The number of methoxy groups -OCH3 is 1. The van der Waals surface area contributed by atoms with Crippen LogP contribution < -0.4 is 4.74 Å². The van der Waals surface area contributed by atoms with Gasteiger partial charge in [-0.1, -0.05) is 5.21 Å². The zero-order chi connectivity index (χ0) is 17.6. The van der Waals surface area contributed by atoms with E-state index in [1.54, 1.807) is 28.6 Å². The van der Waals surface area contributed by atoms with E-state index < -0.39 is 11.6 Å². The maximum Gasteiger partial charge on any atom is 0.173 e. The number of benzene rings is 2. The number of fused-ring (bicyclic) bond motifs is 1. The highest BCUT2D eigenvalue weighted by Gasteiger charge is 2.21. The molecule has 0 spiro atoms. The Balaban J connectivity index is 1.93. The van der Waals surface area contributed by atoms with Crippen molar-refractivity contribution in [3.8, 4) is 22.8 Å². The highest BCUT2D eigenvalue weighted by atomic mass is 19.2. The highest BCUT2D eigenvalue weighted by Crippen LogP contribution is 2.34. The van der Waals surface area contributed by atoms with Crippen molar-refractivity contribution < 1.29 is 13.5 Å². The second-order valence-corrected chi connectivity index (χ2v) is 5.45. The molecule has 0 saturated heterocycles. The molecule has 0 radical (unpaired) electrons. The third kappa shape index (κ3) is 2.34. The van der Waals surface area contributed by atoms with E-state index in [0.717, 1.165) is 11.6 Å². The Morgan fingerprint density at radius 1 is 1.12 bits per heavy atom. The van der Waals surface area contributed by atoms with E-state index in [9.17, 15) is 8.78 Å². The van der Waals surface area contributed by atoms with Gasteiger partial charge in [0.1, 0.15) is 11.3 Å². The maximum absolute atomic E-state index is 14.4. The van der Waals surface area contributed by atoms with Crippen molar-refractivity contribution >= 4 is 11.0 Å². The fraction of sp³-hybridized carbons (Fsp3) is 0.118. The number of rotatable bonds is 3. The van der Waals surface area contributed by atoms with Gasteiger partial charge in [0.25, 0.3) is 0 Å². The van der Waals surface area contributed by atoms with Crippen LogP contribution in [0.3, 0.4) is 0 Å². The number of nitrogens with zero attached hydrogens (tertiary/aromatic N) is 5. The predicted molar refractivity (Wildman–Crippen MR) is 87.5 cm³/mol. The average Bonchev–Trinajstić information content (AvgIpc) is 3.24. The van der Waals surface area contributed by atoms with Crippen LogP contribution in [0.25, 0.3) is 28.1 Å². The van der Waals surface area contributed by atoms with E-state index in [2.05, 4.69) is 15.3 Å². The molecule has 2 heterocycles. The number of hydrogen-bond donors (Lipinski definition) is 0. The third-order valence-corrected chi connectivity index (χ3v) is 4.01. The minimum atomic E-state index is -1.01. The minimum absolute atomic E-state index is 0.0354. The summed E-state index contributed by atoms with van der Waals surface area (Å²) >= 11 is 0. The van der Waals surface area contributed by atoms with Gasteiger partial charge in [-0.25, -0.2) is 18.4 Å². The average molecular weight is 341 g/mol. The molecule has 4 aromatic rings. The van der Waals surface area contributed by atoms with E-state index >= 15 is 0 Å². The zero-order valence-electron chi connectivity index (χ0n) is 13.4. The van der Waals surface area contributed by atoms with Gasteiger partial charge in [-0.3, -0.25) is 4.57 Å². The Morgan fingerprint density at radius 2 is 1.96 bits per heavy atom. The molecule has 0 unspecified atom stereocenters. The van der Waals surface area contributed by atoms with Crippen molar-refractivity contribution in [2.75, 3.05) is 7.11 Å². The summed E-state index contributed by atoms with van der Waals surface area (Å²) < 4.78 is 36.7. The van der Waals surface area contributed by atoms with Crippen LogP contribution in [0.1, 0.15) is 0 Å². The molecule has 2 aromatic carbocycles. The van der Waals surface area contributed by atoms with Crippen LogP contribution >= 0.6 is 0 Å². The SMILES string of the molecule is COc1ccc(F)c(F)c1-c1nccn1-c1ccc2c(c1)nnn2C. The summed E-state index contributed by atoms with van der Waals surface area (Å²) in [4.78, 5) is 4.19. The Morgan fingerprint density at radius 3 is 2.76 bits per heavy atom. The molecule has 4 rings (SSSR count). The van der Waals surface area contributed by atoms with Crippen LogP contribution in [0, 0.1) is 11.6 Å². The van der Waals surface area contributed by atoms with E-state index in [1.807, 2.05) is 12.1 Å². The first-order chi connectivity index (χ1) is 12.1. The van der Waals surface area contributed by atoms with Gasteiger partial charge >= 0.3 is 0 Å². The molecular weight excluding hydrogens is 328 g/mol. The van der Waals surface area contributed by atoms with E-state index in [-0.39, 0.29) is 17.1 Å². The van der Waals surface area contributed by atoms with Crippen LogP contribution in [0.5, 0.6) is 5.75 Å². The van der Waals surface area contributed by atoms with Crippen molar-refractivity contribution in [1.82, 2.24) is 24.5 Å². The van der Waals surface area contributed by atoms with Crippen molar-refractivity contribution in [3.05, 3.63) is 54.4 Å². The lowest BCUT2D eigenvalue weighted by molar-refractivity contribution is 0.408. The van der Waals surface area contributed by atoms with E-state index in [1.165, 1.54) is 19.4 Å². The van der Waals surface area contributed by atoms with Gasteiger partial charge in [0, 0.05) is 25.1 Å². The molecule has 0 aliphatic carbocycles. The van der Waals surface area contributed by atoms with E-state index in [0.29, 0.717) is 11.2 Å². The third-order valence-electron chi connectivity index (χ3n) is 4.01. The number of halogens is 2. The Hall–Kier alpha value is -3.29. The summed E-state index contributed by atoms with van der Waals surface area (Å²) in [5, 5.41) is 8.04. The summed E-state index contributed by atoms with van der Waals surface area (Å²) in [6.07, 6.45) is 3.18. The van der Waals surface area contributed by atoms with Crippen LogP contribution in [0.4, 0.5) is 8.78 Å².